The molecule has 1 saturated heterocycles. The second kappa shape index (κ2) is 4.28. The molecule has 1 atom stereocenters. The molecular formula is C12H21N. The van der Waals surface area contributed by atoms with Gasteiger partial charge in [0.15, 0.2) is 0 Å². The van der Waals surface area contributed by atoms with E-state index in [1.54, 1.807) is 5.57 Å². The summed E-state index contributed by atoms with van der Waals surface area (Å²) in [5.41, 5.74) is 1.59. The van der Waals surface area contributed by atoms with Gasteiger partial charge in [-0.2, -0.15) is 0 Å². The average molecular weight is 179 g/mol. The van der Waals surface area contributed by atoms with Crippen LogP contribution in [0.3, 0.4) is 0 Å². The monoisotopic (exact) mass is 179 g/mol. The van der Waals surface area contributed by atoms with Crippen molar-refractivity contribution in [3.05, 3.63) is 11.6 Å². The molecule has 2 fully saturated rings. The maximum atomic E-state index is 3.55. The smallest absolute Gasteiger partial charge is 0.0277 e. The van der Waals surface area contributed by atoms with Gasteiger partial charge >= 0.3 is 0 Å². The Bertz CT molecular complexity index is 185. The predicted molar refractivity (Wildman–Crippen MR) is 56.7 cm³/mol. The molecule has 0 amide bonds. The second-order valence-corrected chi connectivity index (χ2v) is 4.63. The molecule has 0 aromatic carbocycles. The molecule has 1 nitrogen and oxygen atoms in total. The van der Waals surface area contributed by atoms with E-state index in [4.69, 9.17) is 0 Å². The molecule has 0 spiro atoms. The number of hydrogen-bond donors (Lipinski definition) is 1. The summed E-state index contributed by atoms with van der Waals surface area (Å²) >= 11 is 0. The van der Waals surface area contributed by atoms with E-state index < -0.39 is 0 Å². The lowest BCUT2D eigenvalue weighted by Gasteiger charge is -2.24. The molecule has 1 saturated carbocycles. The van der Waals surface area contributed by atoms with Gasteiger partial charge in [-0.25, -0.2) is 0 Å². The third-order valence-corrected chi connectivity index (χ3v) is 3.61. The van der Waals surface area contributed by atoms with Gasteiger partial charge in [0.2, 0.25) is 0 Å². The Hall–Kier alpha value is -0.300. The van der Waals surface area contributed by atoms with Crippen LogP contribution in [0.1, 0.15) is 45.4 Å². The molecule has 1 heterocycles. The van der Waals surface area contributed by atoms with E-state index >= 15 is 0 Å². The van der Waals surface area contributed by atoms with E-state index in [1.165, 1.54) is 45.1 Å². The fourth-order valence-corrected chi connectivity index (χ4v) is 2.30. The van der Waals surface area contributed by atoms with Gasteiger partial charge in [0.1, 0.15) is 0 Å². The standard InChI is InChI=1S/C12H21N/c1-10(12-6-3-9-13-12)7-8-11-4-2-5-11/h7,11-13H,2-6,8-9H2,1H3/b10-7+. The Kier molecular flexibility index (Phi) is 3.05. The van der Waals surface area contributed by atoms with Gasteiger partial charge in [0.25, 0.3) is 0 Å². The first-order chi connectivity index (χ1) is 6.36. The van der Waals surface area contributed by atoms with Gasteiger partial charge in [-0.15, -0.1) is 0 Å². The summed E-state index contributed by atoms with van der Waals surface area (Å²) < 4.78 is 0. The Morgan fingerprint density at radius 3 is 2.69 bits per heavy atom. The Labute approximate surface area is 81.6 Å². The Balaban J connectivity index is 1.76. The molecule has 0 bridgehead atoms. The summed E-state index contributed by atoms with van der Waals surface area (Å²) in [6, 6.07) is 0.708. The van der Waals surface area contributed by atoms with Crippen LogP contribution in [0.25, 0.3) is 0 Å². The third-order valence-electron chi connectivity index (χ3n) is 3.61. The normalized spacial score (nSPS) is 30.5. The quantitative estimate of drug-likeness (QED) is 0.657. The summed E-state index contributed by atoms with van der Waals surface area (Å²) in [6.45, 7) is 3.51. The lowest BCUT2D eigenvalue weighted by atomic mass is 9.82. The minimum absolute atomic E-state index is 0.708. The zero-order chi connectivity index (χ0) is 9.10. The van der Waals surface area contributed by atoms with Crippen molar-refractivity contribution in [3.8, 4) is 0 Å². The van der Waals surface area contributed by atoms with E-state index in [0.717, 1.165) is 5.92 Å². The van der Waals surface area contributed by atoms with Crippen LogP contribution in [-0.4, -0.2) is 12.6 Å². The Morgan fingerprint density at radius 1 is 1.31 bits per heavy atom. The topological polar surface area (TPSA) is 12.0 Å². The minimum Gasteiger partial charge on any atom is -0.310 e. The summed E-state index contributed by atoms with van der Waals surface area (Å²) in [5, 5.41) is 3.55. The summed E-state index contributed by atoms with van der Waals surface area (Å²) in [6.07, 6.45) is 11.0. The minimum atomic E-state index is 0.708. The lowest BCUT2D eigenvalue weighted by molar-refractivity contribution is 0.318. The van der Waals surface area contributed by atoms with Gasteiger partial charge in [0.05, 0.1) is 0 Å². The molecule has 1 unspecified atom stereocenters. The Morgan fingerprint density at radius 2 is 2.15 bits per heavy atom. The molecule has 2 rings (SSSR count). The van der Waals surface area contributed by atoms with E-state index in [0.29, 0.717) is 6.04 Å². The third kappa shape index (κ3) is 2.34. The van der Waals surface area contributed by atoms with Gasteiger partial charge < -0.3 is 5.32 Å². The van der Waals surface area contributed by atoms with Crippen molar-refractivity contribution in [1.82, 2.24) is 5.32 Å². The summed E-state index contributed by atoms with van der Waals surface area (Å²) in [7, 11) is 0. The highest BCUT2D eigenvalue weighted by Gasteiger charge is 2.18. The van der Waals surface area contributed by atoms with Crippen molar-refractivity contribution >= 4 is 0 Å². The molecule has 13 heavy (non-hydrogen) atoms. The molecule has 1 N–H and O–H groups in total. The van der Waals surface area contributed by atoms with Crippen molar-refractivity contribution in [2.24, 2.45) is 5.92 Å². The first-order valence-electron chi connectivity index (χ1n) is 5.76. The summed E-state index contributed by atoms with van der Waals surface area (Å²) in [5.74, 6) is 1.02. The first kappa shape index (κ1) is 9.26. The van der Waals surface area contributed by atoms with Crippen molar-refractivity contribution < 1.29 is 0 Å². The highest BCUT2D eigenvalue weighted by molar-refractivity contribution is 5.10. The second-order valence-electron chi connectivity index (χ2n) is 4.63. The fraction of sp³-hybridized carbons (Fsp3) is 0.833. The molecule has 0 aromatic rings. The highest BCUT2D eigenvalue weighted by atomic mass is 14.9. The number of hydrogen-bond acceptors (Lipinski definition) is 1. The lowest BCUT2D eigenvalue weighted by Crippen LogP contribution is -2.22. The molecular weight excluding hydrogens is 158 g/mol. The maximum Gasteiger partial charge on any atom is 0.0277 e. The zero-order valence-electron chi connectivity index (χ0n) is 8.68. The molecule has 1 heteroatoms. The molecule has 0 radical (unpaired) electrons. The van der Waals surface area contributed by atoms with Crippen LogP contribution >= 0.6 is 0 Å². The average Bonchev–Trinajstić information content (AvgIpc) is 2.52. The SMILES string of the molecule is C/C(=C\CC1CCC1)C1CCCN1. The molecule has 0 aromatic heterocycles. The highest BCUT2D eigenvalue weighted by Crippen LogP contribution is 2.30. The summed E-state index contributed by atoms with van der Waals surface area (Å²) in [4.78, 5) is 0. The van der Waals surface area contributed by atoms with E-state index in [2.05, 4.69) is 18.3 Å². The number of rotatable bonds is 3. The van der Waals surface area contributed by atoms with Crippen molar-refractivity contribution in [1.29, 1.82) is 0 Å². The molecule has 1 aliphatic heterocycles. The van der Waals surface area contributed by atoms with Crippen LogP contribution in [0.15, 0.2) is 11.6 Å². The molecule has 1 aliphatic carbocycles. The number of allylic oxidation sites excluding steroid dienone is 1. The predicted octanol–water partition coefficient (Wildman–Crippen LogP) is 2.87. The van der Waals surface area contributed by atoms with Gasteiger partial charge in [-0.3, -0.25) is 0 Å². The van der Waals surface area contributed by atoms with E-state index in [9.17, 15) is 0 Å². The van der Waals surface area contributed by atoms with Gasteiger partial charge in [-0.05, 0) is 38.6 Å². The molecule has 74 valence electrons. The fourth-order valence-electron chi connectivity index (χ4n) is 2.30. The van der Waals surface area contributed by atoms with Gasteiger partial charge in [0, 0.05) is 6.04 Å². The molecule has 2 aliphatic rings. The zero-order valence-corrected chi connectivity index (χ0v) is 8.68. The van der Waals surface area contributed by atoms with Crippen molar-refractivity contribution in [2.45, 2.75) is 51.5 Å². The van der Waals surface area contributed by atoms with Crippen molar-refractivity contribution in [2.75, 3.05) is 6.54 Å². The van der Waals surface area contributed by atoms with Crippen LogP contribution in [-0.2, 0) is 0 Å². The van der Waals surface area contributed by atoms with Crippen LogP contribution in [0.5, 0.6) is 0 Å². The van der Waals surface area contributed by atoms with Crippen LogP contribution < -0.4 is 5.32 Å². The van der Waals surface area contributed by atoms with Crippen molar-refractivity contribution in [3.63, 3.8) is 0 Å². The largest absolute Gasteiger partial charge is 0.310 e. The number of nitrogens with one attached hydrogen (secondary N) is 1. The maximum absolute atomic E-state index is 3.55. The van der Waals surface area contributed by atoms with E-state index in [1.807, 2.05) is 0 Å². The van der Waals surface area contributed by atoms with Crippen LogP contribution in [0, 0.1) is 5.92 Å². The first-order valence-corrected chi connectivity index (χ1v) is 5.76. The van der Waals surface area contributed by atoms with Crippen LogP contribution in [0.4, 0.5) is 0 Å². The van der Waals surface area contributed by atoms with E-state index in [-0.39, 0.29) is 0 Å². The van der Waals surface area contributed by atoms with Crippen LogP contribution in [0.2, 0.25) is 0 Å². The van der Waals surface area contributed by atoms with Gasteiger partial charge in [-0.1, -0.05) is 30.9 Å².